The maximum Gasteiger partial charge on any atom is 0.263 e. The van der Waals surface area contributed by atoms with Gasteiger partial charge >= 0.3 is 0 Å². The first-order valence-corrected chi connectivity index (χ1v) is 7.76. The number of anilines is 1. The predicted octanol–water partition coefficient (Wildman–Crippen LogP) is 0.468. The molecule has 1 unspecified atom stereocenters. The van der Waals surface area contributed by atoms with Crippen LogP contribution in [0.4, 0.5) is 5.13 Å². The molecule has 112 valence electrons. The molecule has 1 aliphatic heterocycles. The smallest absolute Gasteiger partial charge is 0.263 e. The van der Waals surface area contributed by atoms with E-state index in [0.717, 1.165) is 32.5 Å². The van der Waals surface area contributed by atoms with Gasteiger partial charge in [0, 0.05) is 26.2 Å². The van der Waals surface area contributed by atoms with Gasteiger partial charge in [0.15, 0.2) is 5.13 Å². The molecule has 2 rings (SSSR count). The molecule has 4 N–H and O–H groups in total. The van der Waals surface area contributed by atoms with E-state index in [1.54, 1.807) is 6.92 Å². The van der Waals surface area contributed by atoms with E-state index in [0.29, 0.717) is 28.2 Å². The lowest BCUT2D eigenvalue weighted by Crippen LogP contribution is -2.41. The third kappa shape index (κ3) is 3.91. The Hall–Kier alpha value is -1.18. The highest BCUT2D eigenvalue weighted by Crippen LogP contribution is 2.19. The summed E-state index contributed by atoms with van der Waals surface area (Å²) in [6.07, 6.45) is 2.21. The molecule has 0 radical (unpaired) electrons. The molecular formula is C13H22N4O2S. The Labute approximate surface area is 123 Å². The molecule has 1 aliphatic rings. The van der Waals surface area contributed by atoms with Crippen LogP contribution in [0.5, 0.6) is 0 Å². The molecule has 0 bridgehead atoms. The minimum atomic E-state index is -0.104. The van der Waals surface area contributed by atoms with Crippen molar-refractivity contribution in [1.82, 2.24) is 15.2 Å². The van der Waals surface area contributed by atoms with E-state index in [-0.39, 0.29) is 12.5 Å². The van der Waals surface area contributed by atoms with Gasteiger partial charge in [0.1, 0.15) is 4.88 Å². The Kier molecular flexibility index (Phi) is 5.33. The SMILES string of the molecule is Cc1nc(N)sc1C(=O)NCCN1CCCC(CO)C1. The second-order valence-corrected chi connectivity index (χ2v) is 6.24. The summed E-state index contributed by atoms with van der Waals surface area (Å²) in [6, 6.07) is 0. The van der Waals surface area contributed by atoms with Crippen LogP contribution in [0.25, 0.3) is 0 Å². The summed E-state index contributed by atoms with van der Waals surface area (Å²) in [5, 5.41) is 12.5. The van der Waals surface area contributed by atoms with Crippen LogP contribution in [0, 0.1) is 12.8 Å². The molecule has 20 heavy (non-hydrogen) atoms. The highest BCUT2D eigenvalue weighted by Gasteiger charge is 2.19. The second kappa shape index (κ2) is 7.01. The number of hydrogen-bond acceptors (Lipinski definition) is 6. The summed E-state index contributed by atoms with van der Waals surface area (Å²) in [4.78, 5) is 18.9. The number of aryl methyl sites for hydroxylation is 1. The zero-order valence-electron chi connectivity index (χ0n) is 11.8. The minimum Gasteiger partial charge on any atom is -0.396 e. The van der Waals surface area contributed by atoms with Crippen molar-refractivity contribution in [1.29, 1.82) is 0 Å². The maximum atomic E-state index is 12.0. The van der Waals surface area contributed by atoms with Gasteiger partial charge in [-0.25, -0.2) is 4.98 Å². The lowest BCUT2D eigenvalue weighted by atomic mass is 9.99. The molecular weight excluding hydrogens is 276 g/mol. The lowest BCUT2D eigenvalue weighted by Gasteiger charge is -2.31. The molecule has 1 amide bonds. The maximum absolute atomic E-state index is 12.0. The molecule has 1 fully saturated rings. The number of aliphatic hydroxyl groups is 1. The summed E-state index contributed by atoms with van der Waals surface area (Å²) >= 11 is 1.22. The predicted molar refractivity (Wildman–Crippen MR) is 79.8 cm³/mol. The number of nitrogens with two attached hydrogens (primary N) is 1. The fraction of sp³-hybridized carbons (Fsp3) is 0.692. The molecule has 7 heteroatoms. The summed E-state index contributed by atoms with van der Waals surface area (Å²) in [5.74, 6) is 0.274. The number of aliphatic hydroxyl groups excluding tert-OH is 1. The zero-order chi connectivity index (χ0) is 14.5. The molecule has 1 atom stereocenters. The van der Waals surface area contributed by atoms with E-state index in [1.165, 1.54) is 11.3 Å². The van der Waals surface area contributed by atoms with Crippen LogP contribution in [-0.2, 0) is 0 Å². The standard InChI is InChI=1S/C13H22N4O2S/c1-9-11(20-13(14)16-9)12(19)15-4-6-17-5-2-3-10(7-17)8-18/h10,18H,2-8H2,1H3,(H2,14,16)(H,15,19). The molecule has 1 aromatic rings. The number of nitrogens with zero attached hydrogens (tertiary/aromatic N) is 2. The van der Waals surface area contributed by atoms with Gasteiger partial charge in [-0.1, -0.05) is 11.3 Å². The second-order valence-electron chi connectivity index (χ2n) is 5.21. The molecule has 1 saturated heterocycles. The van der Waals surface area contributed by atoms with Crippen molar-refractivity contribution in [2.75, 3.05) is 38.5 Å². The van der Waals surface area contributed by atoms with Gasteiger partial charge in [-0.3, -0.25) is 4.79 Å². The van der Waals surface area contributed by atoms with Gasteiger partial charge in [-0.05, 0) is 32.2 Å². The van der Waals surface area contributed by atoms with Crippen LogP contribution in [0.2, 0.25) is 0 Å². The molecule has 0 spiro atoms. The third-order valence-electron chi connectivity index (χ3n) is 3.59. The summed E-state index contributed by atoms with van der Waals surface area (Å²) in [6.45, 7) is 5.42. The van der Waals surface area contributed by atoms with E-state index in [1.807, 2.05) is 0 Å². The number of aromatic nitrogens is 1. The Balaban J connectivity index is 1.75. The Morgan fingerprint density at radius 2 is 2.45 bits per heavy atom. The topological polar surface area (TPSA) is 91.5 Å². The zero-order valence-corrected chi connectivity index (χ0v) is 12.6. The van der Waals surface area contributed by atoms with Crippen molar-refractivity contribution >= 4 is 22.4 Å². The Morgan fingerprint density at radius 3 is 3.10 bits per heavy atom. The average molecular weight is 298 g/mol. The number of carbonyl (C=O) groups excluding carboxylic acids is 1. The van der Waals surface area contributed by atoms with Crippen molar-refractivity contribution in [2.24, 2.45) is 5.92 Å². The monoisotopic (exact) mass is 298 g/mol. The van der Waals surface area contributed by atoms with E-state index in [4.69, 9.17) is 5.73 Å². The van der Waals surface area contributed by atoms with Crippen LogP contribution < -0.4 is 11.1 Å². The van der Waals surface area contributed by atoms with Gasteiger partial charge in [0.25, 0.3) is 5.91 Å². The van der Waals surface area contributed by atoms with Gasteiger partial charge in [-0.2, -0.15) is 0 Å². The molecule has 1 aromatic heterocycles. The van der Waals surface area contributed by atoms with Gasteiger partial charge < -0.3 is 21.1 Å². The number of piperidine rings is 1. The molecule has 6 nitrogen and oxygen atoms in total. The van der Waals surface area contributed by atoms with E-state index < -0.39 is 0 Å². The number of nitrogens with one attached hydrogen (secondary N) is 1. The highest BCUT2D eigenvalue weighted by atomic mass is 32.1. The van der Waals surface area contributed by atoms with Crippen molar-refractivity contribution in [2.45, 2.75) is 19.8 Å². The summed E-state index contributed by atoms with van der Waals surface area (Å²) < 4.78 is 0. The van der Waals surface area contributed by atoms with Crippen LogP contribution >= 0.6 is 11.3 Å². The van der Waals surface area contributed by atoms with Crippen LogP contribution in [-0.4, -0.2) is 53.7 Å². The van der Waals surface area contributed by atoms with Crippen LogP contribution in [0.1, 0.15) is 28.2 Å². The normalized spacial score (nSPS) is 20.0. The van der Waals surface area contributed by atoms with Crippen LogP contribution in [0.15, 0.2) is 0 Å². The number of carbonyl (C=O) groups is 1. The fourth-order valence-corrected chi connectivity index (χ4v) is 3.29. The number of hydrogen-bond donors (Lipinski definition) is 3. The van der Waals surface area contributed by atoms with Gasteiger partial charge in [-0.15, -0.1) is 0 Å². The van der Waals surface area contributed by atoms with Crippen molar-refractivity contribution < 1.29 is 9.90 Å². The number of nitrogen functional groups attached to an aromatic ring is 1. The average Bonchev–Trinajstić information content (AvgIpc) is 2.78. The number of thiazole rings is 1. The number of rotatable bonds is 5. The molecule has 0 aliphatic carbocycles. The Morgan fingerprint density at radius 1 is 1.65 bits per heavy atom. The van der Waals surface area contributed by atoms with Crippen molar-refractivity contribution in [3.8, 4) is 0 Å². The molecule has 2 heterocycles. The fourth-order valence-electron chi connectivity index (χ4n) is 2.54. The first-order valence-electron chi connectivity index (χ1n) is 6.94. The Bertz CT molecular complexity index is 463. The van der Waals surface area contributed by atoms with Crippen molar-refractivity contribution in [3.63, 3.8) is 0 Å². The quantitative estimate of drug-likeness (QED) is 0.735. The lowest BCUT2D eigenvalue weighted by molar-refractivity contribution is 0.0934. The largest absolute Gasteiger partial charge is 0.396 e. The molecule has 0 aromatic carbocycles. The molecule has 0 saturated carbocycles. The number of amides is 1. The first kappa shape index (κ1) is 15.2. The van der Waals surface area contributed by atoms with Crippen LogP contribution in [0.3, 0.4) is 0 Å². The number of likely N-dealkylation sites (tertiary alicyclic amines) is 1. The van der Waals surface area contributed by atoms with E-state index >= 15 is 0 Å². The third-order valence-corrected chi connectivity index (χ3v) is 4.58. The van der Waals surface area contributed by atoms with Crippen molar-refractivity contribution in [3.05, 3.63) is 10.6 Å². The van der Waals surface area contributed by atoms with E-state index in [2.05, 4.69) is 15.2 Å². The minimum absolute atomic E-state index is 0.104. The van der Waals surface area contributed by atoms with Gasteiger partial charge in [0.05, 0.1) is 5.69 Å². The summed E-state index contributed by atoms with van der Waals surface area (Å²) in [5.41, 5.74) is 6.27. The highest BCUT2D eigenvalue weighted by molar-refractivity contribution is 7.17. The first-order chi connectivity index (χ1) is 9.60. The van der Waals surface area contributed by atoms with Gasteiger partial charge in [0.2, 0.25) is 0 Å². The van der Waals surface area contributed by atoms with E-state index in [9.17, 15) is 9.90 Å². The summed E-state index contributed by atoms with van der Waals surface area (Å²) in [7, 11) is 0.